The summed E-state index contributed by atoms with van der Waals surface area (Å²) in [7, 11) is 0. The number of aromatic hydroxyl groups is 1. The summed E-state index contributed by atoms with van der Waals surface area (Å²) in [6.07, 6.45) is 1.19. The average Bonchev–Trinajstić information content (AvgIpc) is 2.52. The largest absolute Gasteiger partial charge is 0.508 e. The van der Waals surface area contributed by atoms with E-state index in [4.69, 9.17) is 4.42 Å². The van der Waals surface area contributed by atoms with Gasteiger partial charge in [-0.15, -0.1) is 11.8 Å². The second-order valence-corrected chi connectivity index (χ2v) is 5.67. The first-order valence-corrected chi connectivity index (χ1v) is 7.50. The van der Waals surface area contributed by atoms with Gasteiger partial charge in [0.25, 0.3) is 5.69 Å². The standard InChI is InChI=1S/C15H10N2O5S/c18-11-2-3-12-9(5-15(19)22-13(12)6-11)8-23-14-4-1-10(7-16-14)17(20)21/h1-7,18H,8H2. The molecule has 0 aliphatic carbocycles. The first kappa shape index (κ1) is 15.0. The zero-order valence-corrected chi connectivity index (χ0v) is 12.4. The van der Waals surface area contributed by atoms with Crippen molar-refractivity contribution in [3.05, 3.63) is 68.7 Å². The summed E-state index contributed by atoms with van der Waals surface area (Å²) in [5, 5.41) is 21.4. The van der Waals surface area contributed by atoms with Crippen LogP contribution in [0, 0.1) is 10.1 Å². The summed E-state index contributed by atoms with van der Waals surface area (Å²) in [5.41, 5.74) is 0.470. The number of pyridine rings is 1. The van der Waals surface area contributed by atoms with Crippen molar-refractivity contribution in [2.24, 2.45) is 0 Å². The van der Waals surface area contributed by atoms with Crippen LogP contribution in [0.4, 0.5) is 5.69 Å². The van der Waals surface area contributed by atoms with Gasteiger partial charge in [-0.2, -0.15) is 0 Å². The number of nitrogens with zero attached hydrogens (tertiary/aromatic N) is 2. The van der Waals surface area contributed by atoms with E-state index in [0.29, 0.717) is 16.4 Å². The van der Waals surface area contributed by atoms with Crippen molar-refractivity contribution in [2.75, 3.05) is 0 Å². The maximum atomic E-state index is 11.6. The molecule has 0 bridgehead atoms. The molecular formula is C15H10N2O5S. The highest BCUT2D eigenvalue weighted by Gasteiger charge is 2.09. The molecule has 0 atom stereocenters. The van der Waals surface area contributed by atoms with Gasteiger partial charge >= 0.3 is 5.63 Å². The second-order valence-electron chi connectivity index (χ2n) is 4.67. The Bertz CT molecular complexity index is 937. The van der Waals surface area contributed by atoms with Crippen LogP contribution in [0.2, 0.25) is 0 Å². The maximum Gasteiger partial charge on any atom is 0.336 e. The third-order valence-electron chi connectivity index (χ3n) is 3.12. The molecule has 2 aromatic heterocycles. The number of hydrogen-bond acceptors (Lipinski definition) is 7. The Morgan fingerprint density at radius 3 is 2.78 bits per heavy atom. The second kappa shape index (κ2) is 6.09. The number of aromatic nitrogens is 1. The van der Waals surface area contributed by atoms with Crippen molar-refractivity contribution in [1.29, 1.82) is 0 Å². The number of phenols is 1. The molecule has 0 radical (unpaired) electrons. The fourth-order valence-electron chi connectivity index (χ4n) is 2.06. The van der Waals surface area contributed by atoms with Crippen LogP contribution >= 0.6 is 11.8 Å². The van der Waals surface area contributed by atoms with Crippen LogP contribution in [0.3, 0.4) is 0 Å². The molecule has 0 aliphatic rings. The average molecular weight is 330 g/mol. The molecular weight excluding hydrogens is 320 g/mol. The van der Waals surface area contributed by atoms with Gasteiger partial charge in [-0.1, -0.05) is 0 Å². The van der Waals surface area contributed by atoms with E-state index < -0.39 is 10.5 Å². The van der Waals surface area contributed by atoms with E-state index in [1.165, 1.54) is 42.2 Å². The Hall–Kier alpha value is -2.87. The van der Waals surface area contributed by atoms with Gasteiger partial charge in [0, 0.05) is 29.3 Å². The monoisotopic (exact) mass is 330 g/mol. The highest BCUT2D eigenvalue weighted by molar-refractivity contribution is 7.98. The Kier molecular flexibility index (Phi) is 3.98. The van der Waals surface area contributed by atoms with Crippen LogP contribution in [0.1, 0.15) is 5.56 Å². The molecule has 8 heteroatoms. The van der Waals surface area contributed by atoms with Gasteiger partial charge in [0.15, 0.2) is 0 Å². The van der Waals surface area contributed by atoms with Crippen molar-refractivity contribution in [3.63, 3.8) is 0 Å². The summed E-state index contributed by atoms with van der Waals surface area (Å²) >= 11 is 1.34. The molecule has 116 valence electrons. The summed E-state index contributed by atoms with van der Waals surface area (Å²) in [4.78, 5) is 25.7. The molecule has 0 fully saturated rings. The molecule has 1 aromatic carbocycles. The number of thioether (sulfide) groups is 1. The minimum atomic E-state index is -0.510. The van der Waals surface area contributed by atoms with Crippen LogP contribution in [0.5, 0.6) is 5.75 Å². The third-order valence-corrected chi connectivity index (χ3v) is 4.11. The van der Waals surface area contributed by atoms with Gasteiger partial charge in [0.2, 0.25) is 0 Å². The summed E-state index contributed by atoms with van der Waals surface area (Å²) in [6, 6.07) is 8.90. The van der Waals surface area contributed by atoms with Gasteiger partial charge < -0.3 is 9.52 Å². The van der Waals surface area contributed by atoms with Crippen molar-refractivity contribution >= 4 is 28.4 Å². The van der Waals surface area contributed by atoms with Crippen LogP contribution in [-0.2, 0) is 5.75 Å². The lowest BCUT2D eigenvalue weighted by Crippen LogP contribution is -1.99. The predicted molar refractivity (Wildman–Crippen MR) is 84.6 cm³/mol. The molecule has 3 aromatic rings. The maximum absolute atomic E-state index is 11.6. The van der Waals surface area contributed by atoms with E-state index in [1.807, 2.05) is 0 Å². The quantitative estimate of drug-likeness (QED) is 0.339. The van der Waals surface area contributed by atoms with Crippen LogP contribution < -0.4 is 5.63 Å². The molecule has 0 spiro atoms. The number of nitro groups is 1. The molecule has 1 N–H and O–H groups in total. The number of benzene rings is 1. The zero-order valence-electron chi connectivity index (χ0n) is 11.6. The summed E-state index contributed by atoms with van der Waals surface area (Å²) < 4.78 is 5.06. The van der Waals surface area contributed by atoms with Gasteiger partial charge in [-0.05, 0) is 23.8 Å². The summed E-state index contributed by atoms with van der Waals surface area (Å²) in [6.45, 7) is 0. The summed E-state index contributed by atoms with van der Waals surface area (Å²) in [5.74, 6) is 0.458. The topological polar surface area (TPSA) is 106 Å². The van der Waals surface area contributed by atoms with Crippen LogP contribution in [-0.4, -0.2) is 15.0 Å². The Morgan fingerprint density at radius 2 is 2.09 bits per heavy atom. The Balaban J connectivity index is 1.86. The number of phenolic OH excluding ortho intramolecular Hbond substituents is 1. The van der Waals surface area contributed by atoms with Crippen LogP contribution in [0.25, 0.3) is 11.0 Å². The highest BCUT2D eigenvalue weighted by Crippen LogP contribution is 2.27. The molecule has 0 aliphatic heterocycles. The normalized spacial score (nSPS) is 10.8. The van der Waals surface area contributed by atoms with Gasteiger partial charge in [0.05, 0.1) is 9.95 Å². The molecule has 0 saturated heterocycles. The fourth-order valence-corrected chi connectivity index (χ4v) is 2.89. The lowest BCUT2D eigenvalue weighted by Gasteiger charge is -2.05. The minimum Gasteiger partial charge on any atom is -0.508 e. The predicted octanol–water partition coefficient (Wildman–Crippen LogP) is 3.09. The first-order chi connectivity index (χ1) is 11.0. The molecule has 0 unspecified atom stereocenters. The van der Waals surface area contributed by atoms with E-state index in [9.17, 15) is 20.0 Å². The van der Waals surface area contributed by atoms with Crippen molar-refractivity contribution in [1.82, 2.24) is 4.98 Å². The van der Waals surface area contributed by atoms with E-state index in [-0.39, 0.29) is 11.4 Å². The lowest BCUT2D eigenvalue weighted by atomic mass is 10.1. The Labute approximate surface area is 133 Å². The van der Waals surface area contributed by atoms with Crippen molar-refractivity contribution in [2.45, 2.75) is 10.8 Å². The number of fused-ring (bicyclic) bond motifs is 1. The van der Waals surface area contributed by atoms with Gasteiger partial charge in [-0.3, -0.25) is 10.1 Å². The lowest BCUT2D eigenvalue weighted by molar-refractivity contribution is -0.385. The third kappa shape index (κ3) is 3.32. The highest BCUT2D eigenvalue weighted by atomic mass is 32.2. The smallest absolute Gasteiger partial charge is 0.336 e. The zero-order chi connectivity index (χ0) is 16.4. The minimum absolute atomic E-state index is 0.0162. The molecule has 7 nitrogen and oxygen atoms in total. The van der Waals surface area contributed by atoms with Crippen LogP contribution in [0.15, 0.2) is 56.8 Å². The molecule has 0 amide bonds. The van der Waals surface area contributed by atoms with Gasteiger partial charge in [0.1, 0.15) is 17.5 Å². The van der Waals surface area contributed by atoms with E-state index in [1.54, 1.807) is 12.1 Å². The molecule has 3 rings (SSSR count). The molecule has 0 saturated carbocycles. The molecule has 23 heavy (non-hydrogen) atoms. The Morgan fingerprint density at radius 1 is 1.26 bits per heavy atom. The first-order valence-electron chi connectivity index (χ1n) is 6.52. The van der Waals surface area contributed by atoms with E-state index in [0.717, 1.165) is 10.9 Å². The number of rotatable bonds is 4. The SMILES string of the molecule is O=c1cc(CSc2ccc([N+](=O)[O-])cn2)c2ccc(O)cc2o1. The number of hydrogen-bond donors (Lipinski definition) is 1. The van der Waals surface area contributed by atoms with E-state index in [2.05, 4.69) is 4.98 Å². The van der Waals surface area contributed by atoms with E-state index >= 15 is 0 Å². The molecule has 2 heterocycles. The van der Waals surface area contributed by atoms with Gasteiger partial charge in [-0.25, -0.2) is 9.78 Å². The fraction of sp³-hybridized carbons (Fsp3) is 0.0667. The van der Waals surface area contributed by atoms with Crippen molar-refractivity contribution in [3.8, 4) is 5.75 Å². The van der Waals surface area contributed by atoms with Crippen molar-refractivity contribution < 1.29 is 14.4 Å².